The number of anilines is 1. The molecule has 1 aliphatic rings. The van der Waals surface area contributed by atoms with Crippen molar-refractivity contribution >= 4 is 22.6 Å². The number of phenols is 1. The minimum absolute atomic E-state index is 0.131. The number of benzene rings is 3. The highest BCUT2D eigenvalue weighted by molar-refractivity contribution is 6.05. The van der Waals surface area contributed by atoms with Crippen molar-refractivity contribution in [2.75, 3.05) is 51.3 Å². The summed E-state index contributed by atoms with van der Waals surface area (Å²) in [4.78, 5) is 30.8. The van der Waals surface area contributed by atoms with Crippen molar-refractivity contribution in [1.29, 1.82) is 0 Å². The van der Waals surface area contributed by atoms with Crippen LogP contribution in [0, 0.1) is 6.92 Å². The first-order valence-electron chi connectivity index (χ1n) is 13.2. The average Bonchev–Trinajstić information content (AvgIpc) is 2.97. The number of hydrogen-bond donors (Lipinski definition) is 2. The lowest BCUT2D eigenvalue weighted by molar-refractivity contribution is 0.0952. The second-order valence-electron chi connectivity index (χ2n) is 9.73. The Labute approximate surface area is 227 Å². The Morgan fingerprint density at radius 1 is 1.03 bits per heavy atom. The van der Waals surface area contributed by atoms with E-state index < -0.39 is 0 Å². The number of piperazine rings is 1. The number of ether oxygens (including phenoxy) is 1. The molecule has 3 aromatic carbocycles. The second-order valence-corrected chi connectivity index (χ2v) is 9.73. The molecular weight excluding hydrogens is 494 g/mol. The number of nitrogens with zero attached hydrogens (tertiary/aromatic N) is 2. The van der Waals surface area contributed by atoms with Crippen LogP contribution >= 0.6 is 0 Å². The number of rotatable bonds is 8. The van der Waals surface area contributed by atoms with E-state index >= 15 is 0 Å². The number of nitrogens with one attached hydrogen (secondary N) is 1. The summed E-state index contributed by atoms with van der Waals surface area (Å²) in [6, 6.07) is 19.8. The summed E-state index contributed by atoms with van der Waals surface area (Å²) in [6.45, 7) is 6.63. The van der Waals surface area contributed by atoms with Crippen LogP contribution in [0.2, 0.25) is 0 Å². The zero-order chi connectivity index (χ0) is 27.4. The molecule has 5 rings (SSSR count). The fourth-order valence-electron chi connectivity index (χ4n) is 5.09. The molecule has 1 amide bonds. The van der Waals surface area contributed by atoms with E-state index in [-0.39, 0.29) is 17.1 Å². The van der Waals surface area contributed by atoms with Gasteiger partial charge in [0.15, 0.2) is 11.0 Å². The van der Waals surface area contributed by atoms with Crippen molar-refractivity contribution < 1.29 is 19.1 Å². The fraction of sp³-hybridized carbons (Fsp3) is 0.290. The Morgan fingerprint density at radius 2 is 1.79 bits per heavy atom. The fourth-order valence-corrected chi connectivity index (χ4v) is 5.09. The molecule has 0 unspecified atom stereocenters. The molecule has 0 bridgehead atoms. The maximum atomic E-state index is 13.1. The maximum Gasteiger partial charge on any atom is 0.255 e. The highest BCUT2D eigenvalue weighted by Crippen LogP contribution is 2.32. The van der Waals surface area contributed by atoms with Gasteiger partial charge in [0, 0.05) is 49.9 Å². The molecule has 0 atom stereocenters. The third kappa shape index (κ3) is 5.61. The van der Waals surface area contributed by atoms with Crippen LogP contribution in [-0.2, 0) is 0 Å². The first kappa shape index (κ1) is 26.3. The van der Waals surface area contributed by atoms with Crippen LogP contribution in [0.1, 0.15) is 22.3 Å². The van der Waals surface area contributed by atoms with Gasteiger partial charge < -0.3 is 24.5 Å². The molecule has 0 aliphatic carbocycles. The van der Waals surface area contributed by atoms with Crippen LogP contribution in [0.3, 0.4) is 0 Å². The predicted molar refractivity (Wildman–Crippen MR) is 153 cm³/mol. The predicted octanol–water partition coefficient (Wildman–Crippen LogP) is 4.42. The number of aromatic hydroxyl groups is 1. The van der Waals surface area contributed by atoms with Gasteiger partial charge in [0.2, 0.25) is 0 Å². The van der Waals surface area contributed by atoms with Gasteiger partial charge >= 0.3 is 0 Å². The first-order chi connectivity index (χ1) is 19.0. The summed E-state index contributed by atoms with van der Waals surface area (Å²) in [5.41, 5.74) is 2.84. The van der Waals surface area contributed by atoms with Crippen molar-refractivity contribution in [3.63, 3.8) is 0 Å². The van der Waals surface area contributed by atoms with Gasteiger partial charge in [0.1, 0.15) is 17.3 Å². The van der Waals surface area contributed by atoms with Crippen LogP contribution in [0.5, 0.6) is 11.5 Å². The zero-order valence-corrected chi connectivity index (χ0v) is 22.3. The zero-order valence-electron chi connectivity index (χ0n) is 22.3. The molecule has 1 aliphatic heterocycles. The van der Waals surface area contributed by atoms with Crippen molar-refractivity contribution in [3.05, 3.63) is 88.1 Å². The minimum atomic E-state index is -0.254. The largest absolute Gasteiger partial charge is 0.508 e. The third-order valence-corrected chi connectivity index (χ3v) is 7.24. The number of phenolic OH excluding ortho intramolecular Hbond substituents is 1. The molecule has 2 N–H and O–H groups in total. The van der Waals surface area contributed by atoms with Crippen molar-refractivity contribution in [2.45, 2.75) is 13.3 Å². The summed E-state index contributed by atoms with van der Waals surface area (Å²) in [5, 5.41) is 13.1. The normalized spacial score (nSPS) is 13.9. The van der Waals surface area contributed by atoms with Crippen LogP contribution < -0.4 is 20.4 Å². The molecule has 1 aromatic heterocycles. The van der Waals surface area contributed by atoms with E-state index in [2.05, 4.69) is 15.1 Å². The Kier molecular flexibility index (Phi) is 7.84. The second kappa shape index (κ2) is 11.6. The Bertz CT molecular complexity index is 1530. The van der Waals surface area contributed by atoms with Crippen molar-refractivity contribution in [1.82, 2.24) is 10.2 Å². The van der Waals surface area contributed by atoms with Gasteiger partial charge in [-0.15, -0.1) is 0 Å². The van der Waals surface area contributed by atoms with Crippen molar-refractivity contribution in [2.24, 2.45) is 0 Å². The first-order valence-corrected chi connectivity index (χ1v) is 13.2. The number of amides is 1. The van der Waals surface area contributed by atoms with Crippen LogP contribution in [0.15, 0.2) is 75.9 Å². The summed E-state index contributed by atoms with van der Waals surface area (Å²) >= 11 is 0. The molecule has 4 aromatic rings. The van der Waals surface area contributed by atoms with E-state index in [1.165, 1.54) is 0 Å². The monoisotopic (exact) mass is 527 g/mol. The lowest BCUT2D eigenvalue weighted by Crippen LogP contribution is -2.47. The molecule has 1 saturated heterocycles. The molecular formula is C31H33N3O5. The van der Waals surface area contributed by atoms with E-state index in [0.29, 0.717) is 40.2 Å². The molecule has 39 heavy (non-hydrogen) atoms. The van der Waals surface area contributed by atoms with Gasteiger partial charge in [-0.25, -0.2) is 0 Å². The van der Waals surface area contributed by atoms with Gasteiger partial charge in [-0.2, -0.15) is 0 Å². The smallest absolute Gasteiger partial charge is 0.255 e. The molecule has 2 heterocycles. The average molecular weight is 528 g/mol. The van der Waals surface area contributed by atoms with Gasteiger partial charge in [0.25, 0.3) is 5.91 Å². The van der Waals surface area contributed by atoms with Gasteiger partial charge in [-0.3, -0.25) is 14.5 Å². The minimum Gasteiger partial charge on any atom is -0.508 e. The topological polar surface area (TPSA) is 95.3 Å². The molecule has 8 nitrogen and oxygen atoms in total. The standard InChI is InChI=1S/C31H33N3O5/c1-21-28(36)24-10-6-11-25(30(24)39-29(21)22-8-4-3-5-9-22)31(37)32-14-7-15-33-16-18-34(19-17-33)26-13-12-23(35)20-27(26)38-2/h3-6,8-13,20,35H,7,14-19H2,1-2H3,(H,32,37). The summed E-state index contributed by atoms with van der Waals surface area (Å²) in [7, 11) is 1.61. The van der Waals surface area contributed by atoms with Crippen LogP contribution in [0.25, 0.3) is 22.3 Å². The number of carbonyl (C=O) groups is 1. The maximum absolute atomic E-state index is 13.1. The highest BCUT2D eigenvalue weighted by Gasteiger charge is 2.21. The van der Waals surface area contributed by atoms with E-state index in [4.69, 9.17) is 9.15 Å². The van der Waals surface area contributed by atoms with Crippen molar-refractivity contribution in [3.8, 4) is 22.8 Å². The Morgan fingerprint density at radius 3 is 2.54 bits per heavy atom. The Hall–Kier alpha value is -4.30. The quantitative estimate of drug-likeness (QED) is 0.328. The van der Waals surface area contributed by atoms with Crippen LogP contribution in [0.4, 0.5) is 5.69 Å². The molecule has 0 spiro atoms. The van der Waals surface area contributed by atoms with E-state index in [0.717, 1.165) is 50.4 Å². The number of carbonyl (C=O) groups excluding carboxylic acids is 1. The molecule has 202 valence electrons. The lowest BCUT2D eigenvalue weighted by atomic mass is 10.0. The van der Waals surface area contributed by atoms with E-state index in [9.17, 15) is 14.7 Å². The van der Waals surface area contributed by atoms with Gasteiger partial charge in [-0.05, 0) is 44.2 Å². The summed E-state index contributed by atoms with van der Waals surface area (Å²) < 4.78 is 11.6. The summed E-state index contributed by atoms with van der Waals surface area (Å²) in [6.07, 6.45) is 0.803. The van der Waals surface area contributed by atoms with E-state index in [1.807, 2.05) is 36.4 Å². The lowest BCUT2D eigenvalue weighted by Gasteiger charge is -2.36. The third-order valence-electron chi connectivity index (χ3n) is 7.24. The molecule has 1 fully saturated rings. The Balaban J connectivity index is 1.19. The van der Waals surface area contributed by atoms with E-state index in [1.54, 1.807) is 44.4 Å². The molecule has 8 heteroatoms. The summed E-state index contributed by atoms with van der Waals surface area (Å²) in [5.74, 6) is 1.09. The van der Waals surface area contributed by atoms with Gasteiger partial charge in [0.05, 0.1) is 23.7 Å². The number of methoxy groups -OCH3 is 1. The number of para-hydroxylation sites is 1. The number of fused-ring (bicyclic) bond motifs is 1. The molecule has 0 radical (unpaired) electrons. The number of hydrogen-bond acceptors (Lipinski definition) is 7. The SMILES string of the molecule is COc1cc(O)ccc1N1CCN(CCCNC(=O)c2cccc3c(=O)c(C)c(-c4ccccc4)oc23)CC1. The highest BCUT2D eigenvalue weighted by atomic mass is 16.5. The molecule has 0 saturated carbocycles. The van der Waals surface area contributed by atoms with Crippen LogP contribution in [-0.4, -0.2) is 62.3 Å². The van der Waals surface area contributed by atoms with Gasteiger partial charge in [-0.1, -0.05) is 36.4 Å².